The molecule has 1 aromatic carbocycles. The standard InChI is InChI=1S/C24H23ClF2N6O3/c25-15-5-9-19(30-12-15)36-17-6-3-14(4-7-17)22-21(24(29)35)23(28)33(31-22)16-2-1-11-32(13-16)20(34)10-8-18(26)27/h3-10,12,16,18H,1-2,11,13,28H2,(H2,29,35). The number of ether oxygens (including phenoxy) is 1. The van der Waals surface area contributed by atoms with Crippen LogP contribution in [0.2, 0.25) is 5.02 Å². The Morgan fingerprint density at radius 2 is 1.94 bits per heavy atom. The number of nitrogens with zero attached hydrogens (tertiary/aromatic N) is 4. The summed E-state index contributed by atoms with van der Waals surface area (Å²) in [5.74, 6) is -0.335. The fourth-order valence-electron chi connectivity index (χ4n) is 4.01. The lowest BCUT2D eigenvalue weighted by atomic mass is 10.1. The normalized spacial score (nSPS) is 16.0. The fourth-order valence-corrected chi connectivity index (χ4v) is 4.12. The lowest BCUT2D eigenvalue weighted by Crippen LogP contribution is -2.40. The van der Waals surface area contributed by atoms with Gasteiger partial charge >= 0.3 is 0 Å². The third-order valence-electron chi connectivity index (χ3n) is 5.68. The van der Waals surface area contributed by atoms with Gasteiger partial charge in [-0.1, -0.05) is 11.6 Å². The number of alkyl halides is 2. The number of primary amides is 1. The van der Waals surface area contributed by atoms with E-state index in [1.165, 1.54) is 15.8 Å². The number of halogens is 3. The van der Waals surface area contributed by atoms with E-state index < -0.39 is 18.2 Å². The van der Waals surface area contributed by atoms with Crippen molar-refractivity contribution in [2.75, 3.05) is 18.8 Å². The number of hydrogen-bond acceptors (Lipinski definition) is 6. The monoisotopic (exact) mass is 516 g/mol. The van der Waals surface area contributed by atoms with Crippen LogP contribution in [0.4, 0.5) is 14.6 Å². The van der Waals surface area contributed by atoms with Gasteiger partial charge in [-0.3, -0.25) is 9.59 Å². The van der Waals surface area contributed by atoms with E-state index in [4.69, 9.17) is 27.8 Å². The number of rotatable bonds is 7. The number of anilines is 1. The van der Waals surface area contributed by atoms with Crippen molar-refractivity contribution in [1.82, 2.24) is 19.7 Å². The molecule has 0 radical (unpaired) electrons. The minimum atomic E-state index is -2.71. The highest BCUT2D eigenvalue weighted by Crippen LogP contribution is 2.33. The van der Waals surface area contributed by atoms with Crippen LogP contribution in [0, 0.1) is 0 Å². The van der Waals surface area contributed by atoms with Crippen LogP contribution in [0.5, 0.6) is 11.6 Å². The van der Waals surface area contributed by atoms with E-state index in [1.807, 2.05) is 0 Å². The molecule has 0 saturated carbocycles. The molecule has 1 aliphatic rings. The zero-order valence-corrected chi connectivity index (χ0v) is 19.7. The number of hydrogen-bond donors (Lipinski definition) is 2. The van der Waals surface area contributed by atoms with Crippen molar-refractivity contribution in [3.63, 3.8) is 0 Å². The molecular weight excluding hydrogens is 494 g/mol. The highest BCUT2D eigenvalue weighted by molar-refractivity contribution is 6.30. The number of nitrogen functional groups attached to an aromatic ring is 1. The second kappa shape index (κ2) is 10.7. The van der Waals surface area contributed by atoms with Crippen molar-refractivity contribution in [3.05, 3.63) is 65.3 Å². The molecule has 0 spiro atoms. The number of benzene rings is 1. The Hall–Kier alpha value is -3.99. The maximum absolute atomic E-state index is 12.4. The van der Waals surface area contributed by atoms with E-state index in [0.29, 0.717) is 47.7 Å². The summed E-state index contributed by atoms with van der Waals surface area (Å²) in [5.41, 5.74) is 12.8. The number of amides is 2. The van der Waals surface area contributed by atoms with Gasteiger partial charge in [0, 0.05) is 37.0 Å². The van der Waals surface area contributed by atoms with Gasteiger partial charge in [-0.25, -0.2) is 18.4 Å². The zero-order valence-electron chi connectivity index (χ0n) is 19.0. The molecular formula is C24H23ClF2N6O3. The van der Waals surface area contributed by atoms with E-state index in [2.05, 4.69) is 10.1 Å². The van der Waals surface area contributed by atoms with Gasteiger partial charge in [0.2, 0.25) is 11.8 Å². The molecule has 0 bridgehead atoms. The number of pyridine rings is 1. The van der Waals surface area contributed by atoms with Gasteiger partial charge in [-0.2, -0.15) is 5.10 Å². The largest absolute Gasteiger partial charge is 0.439 e. The number of allylic oxidation sites excluding steroid dienone is 1. The maximum atomic E-state index is 12.4. The molecule has 1 unspecified atom stereocenters. The number of piperidine rings is 1. The predicted molar refractivity (Wildman–Crippen MR) is 130 cm³/mol. The van der Waals surface area contributed by atoms with Crippen LogP contribution in [0.1, 0.15) is 29.2 Å². The first-order valence-electron chi connectivity index (χ1n) is 11.1. The van der Waals surface area contributed by atoms with Crippen LogP contribution in [0.25, 0.3) is 11.3 Å². The van der Waals surface area contributed by atoms with Gasteiger partial charge in [0.05, 0.1) is 11.1 Å². The Bertz CT molecular complexity index is 1280. The Morgan fingerprint density at radius 3 is 2.58 bits per heavy atom. The topological polar surface area (TPSA) is 129 Å². The Labute approximate surface area is 210 Å². The molecule has 1 atom stereocenters. The van der Waals surface area contributed by atoms with Crippen LogP contribution in [-0.2, 0) is 4.79 Å². The Kier molecular flexibility index (Phi) is 7.49. The van der Waals surface area contributed by atoms with Gasteiger partial charge < -0.3 is 21.1 Å². The van der Waals surface area contributed by atoms with Gasteiger partial charge in [0.25, 0.3) is 12.3 Å². The summed E-state index contributed by atoms with van der Waals surface area (Å²) in [7, 11) is 0. The molecule has 4 rings (SSSR count). The van der Waals surface area contributed by atoms with Crippen molar-refractivity contribution in [1.29, 1.82) is 0 Å². The quantitative estimate of drug-likeness (QED) is 0.456. The Morgan fingerprint density at radius 1 is 1.19 bits per heavy atom. The van der Waals surface area contributed by atoms with Crippen LogP contribution in [0.3, 0.4) is 0 Å². The first-order valence-corrected chi connectivity index (χ1v) is 11.4. The molecule has 0 aliphatic carbocycles. The van der Waals surface area contributed by atoms with Crippen LogP contribution in [-0.4, -0.2) is 51.0 Å². The van der Waals surface area contributed by atoms with Gasteiger partial charge in [-0.05, 0) is 49.2 Å². The summed E-state index contributed by atoms with van der Waals surface area (Å²) in [6.07, 6.45) is 1.42. The van der Waals surface area contributed by atoms with Crippen molar-refractivity contribution < 1.29 is 23.1 Å². The number of nitrogens with two attached hydrogens (primary N) is 2. The Balaban J connectivity index is 1.58. The second-order valence-corrected chi connectivity index (χ2v) is 8.57. The molecule has 4 N–H and O–H groups in total. The van der Waals surface area contributed by atoms with Crippen molar-refractivity contribution in [2.24, 2.45) is 5.73 Å². The van der Waals surface area contributed by atoms with Crippen LogP contribution < -0.4 is 16.2 Å². The van der Waals surface area contributed by atoms with Crippen molar-refractivity contribution in [2.45, 2.75) is 25.3 Å². The molecule has 9 nitrogen and oxygen atoms in total. The number of carbonyl (C=O) groups is 2. The summed E-state index contributed by atoms with van der Waals surface area (Å²) in [6.45, 7) is 0.625. The SMILES string of the molecule is NC(=O)c1c(-c2ccc(Oc3ccc(Cl)cn3)cc2)nn(C2CCCN(C(=O)C=CC(F)F)C2)c1N. The molecule has 12 heteroatoms. The molecule has 188 valence electrons. The first-order chi connectivity index (χ1) is 17.2. The molecule has 3 aromatic rings. The summed E-state index contributed by atoms with van der Waals surface area (Å²) < 4.78 is 32.1. The molecule has 2 amide bonds. The summed E-state index contributed by atoms with van der Waals surface area (Å²) in [5, 5.41) is 5.05. The third-order valence-corrected chi connectivity index (χ3v) is 5.91. The second-order valence-electron chi connectivity index (χ2n) is 8.13. The van der Waals surface area contributed by atoms with E-state index in [0.717, 1.165) is 6.08 Å². The number of likely N-dealkylation sites (tertiary alicyclic amines) is 1. The van der Waals surface area contributed by atoms with E-state index >= 15 is 0 Å². The van der Waals surface area contributed by atoms with Crippen LogP contribution >= 0.6 is 11.6 Å². The van der Waals surface area contributed by atoms with Crippen molar-refractivity contribution in [3.8, 4) is 22.9 Å². The summed E-state index contributed by atoms with van der Waals surface area (Å²) in [6, 6.07) is 9.70. The minimum Gasteiger partial charge on any atom is -0.439 e. The summed E-state index contributed by atoms with van der Waals surface area (Å²) >= 11 is 5.84. The van der Waals surface area contributed by atoms with Gasteiger partial charge in [-0.15, -0.1) is 0 Å². The summed E-state index contributed by atoms with van der Waals surface area (Å²) in [4.78, 5) is 30.1. The average molecular weight is 517 g/mol. The maximum Gasteiger partial charge on any atom is 0.257 e. The zero-order chi connectivity index (χ0) is 25.8. The number of carbonyl (C=O) groups excluding carboxylic acids is 2. The molecule has 3 heterocycles. The molecule has 1 aliphatic heterocycles. The van der Waals surface area contributed by atoms with Crippen molar-refractivity contribution >= 4 is 29.2 Å². The fraction of sp³-hybridized carbons (Fsp3) is 0.250. The lowest BCUT2D eigenvalue weighted by molar-refractivity contribution is -0.127. The predicted octanol–water partition coefficient (Wildman–Crippen LogP) is 4.06. The smallest absolute Gasteiger partial charge is 0.257 e. The number of aromatic nitrogens is 3. The van der Waals surface area contributed by atoms with Gasteiger partial charge in [0.1, 0.15) is 22.8 Å². The van der Waals surface area contributed by atoms with Gasteiger partial charge in [0.15, 0.2) is 0 Å². The third kappa shape index (κ3) is 5.62. The highest BCUT2D eigenvalue weighted by atomic mass is 35.5. The molecule has 1 saturated heterocycles. The molecule has 36 heavy (non-hydrogen) atoms. The minimum absolute atomic E-state index is 0.0593. The lowest BCUT2D eigenvalue weighted by Gasteiger charge is -2.32. The highest BCUT2D eigenvalue weighted by Gasteiger charge is 2.29. The molecule has 1 fully saturated rings. The van der Waals surface area contributed by atoms with E-state index in [-0.39, 0.29) is 29.7 Å². The first kappa shape index (κ1) is 25.1. The molecule has 2 aromatic heterocycles. The van der Waals surface area contributed by atoms with Crippen LogP contribution in [0.15, 0.2) is 54.7 Å². The van der Waals surface area contributed by atoms with E-state index in [9.17, 15) is 18.4 Å². The average Bonchev–Trinajstić information content (AvgIpc) is 3.21. The van der Waals surface area contributed by atoms with E-state index in [1.54, 1.807) is 36.4 Å².